The van der Waals surface area contributed by atoms with Gasteiger partial charge in [0.15, 0.2) is 5.75 Å². The Hall–Kier alpha value is -8.92. The van der Waals surface area contributed by atoms with Crippen molar-refractivity contribution in [2.45, 2.75) is 19.3 Å². The second-order valence-corrected chi connectivity index (χ2v) is 18.9. The molecular weight excluding hydrogens is 849 g/mol. The second kappa shape index (κ2) is 16.7. The lowest BCUT2D eigenvalue weighted by Gasteiger charge is -2.30. The van der Waals surface area contributed by atoms with Gasteiger partial charge in [-0.25, -0.2) is 0 Å². The average Bonchev–Trinajstić information content (AvgIpc) is 3.65. The predicted octanol–water partition coefficient (Wildman–Crippen LogP) is 18.9. The highest BCUT2D eigenvalue weighted by atomic mass is 16.5. The summed E-state index contributed by atoms with van der Waals surface area (Å²) >= 11 is 0. The molecule has 11 aromatic carbocycles. The van der Waals surface area contributed by atoms with Crippen molar-refractivity contribution >= 4 is 44.9 Å². The van der Waals surface area contributed by atoms with Crippen LogP contribution in [0.15, 0.2) is 255 Å². The van der Waals surface area contributed by atoms with Crippen LogP contribution in [0.5, 0.6) is 11.5 Å². The van der Waals surface area contributed by atoms with Gasteiger partial charge in [-0.05, 0) is 145 Å². The number of hydrogen-bond acceptors (Lipinski definition) is 3. The summed E-state index contributed by atoms with van der Waals surface area (Å²) in [6.07, 6.45) is 0. The fourth-order valence-electron chi connectivity index (χ4n) is 11.0. The summed E-state index contributed by atoms with van der Waals surface area (Å²) in [5.74, 6) is 1.71. The van der Waals surface area contributed by atoms with E-state index in [0.29, 0.717) is 0 Å². The Bertz CT molecular complexity index is 3690. The predicted molar refractivity (Wildman–Crippen MR) is 293 cm³/mol. The lowest BCUT2D eigenvalue weighted by atomic mass is 9.82. The largest absolute Gasteiger partial charge is 0.454 e. The number of anilines is 6. The van der Waals surface area contributed by atoms with Gasteiger partial charge in [0.2, 0.25) is 0 Å². The van der Waals surface area contributed by atoms with Crippen molar-refractivity contribution in [1.82, 2.24) is 0 Å². The Morgan fingerprint density at radius 3 is 1.43 bits per heavy atom. The topological polar surface area (TPSA) is 15.7 Å². The Balaban J connectivity index is 0.832. The van der Waals surface area contributed by atoms with E-state index >= 15 is 0 Å². The van der Waals surface area contributed by atoms with Crippen LogP contribution >= 0.6 is 0 Å². The molecule has 0 amide bonds. The molecule has 0 radical (unpaired) electrons. The third-order valence-electron chi connectivity index (χ3n) is 14.4. The molecule has 0 spiro atoms. The van der Waals surface area contributed by atoms with E-state index in [1.165, 1.54) is 38.9 Å². The Morgan fingerprint density at radius 1 is 0.314 bits per heavy atom. The molecule has 0 fully saturated rings. The van der Waals surface area contributed by atoms with Gasteiger partial charge in [0.1, 0.15) is 5.75 Å². The summed E-state index contributed by atoms with van der Waals surface area (Å²) in [5.41, 5.74) is 21.0. The summed E-state index contributed by atoms with van der Waals surface area (Å²) in [6.45, 7) is 4.68. The number of fused-ring (bicyclic) bond motifs is 5. The Morgan fingerprint density at radius 2 is 0.786 bits per heavy atom. The van der Waals surface area contributed by atoms with Crippen molar-refractivity contribution in [3.05, 3.63) is 266 Å². The first-order valence-corrected chi connectivity index (χ1v) is 24.2. The van der Waals surface area contributed by atoms with E-state index in [-0.39, 0.29) is 5.41 Å². The molecule has 0 unspecified atom stereocenters. The van der Waals surface area contributed by atoms with Crippen molar-refractivity contribution < 1.29 is 4.74 Å². The van der Waals surface area contributed by atoms with Gasteiger partial charge >= 0.3 is 0 Å². The number of ether oxygens (including phenoxy) is 1. The van der Waals surface area contributed by atoms with E-state index in [4.69, 9.17) is 4.74 Å². The number of hydrogen-bond donors (Lipinski definition) is 0. The van der Waals surface area contributed by atoms with Crippen LogP contribution in [0.1, 0.15) is 25.0 Å². The Labute approximate surface area is 409 Å². The molecule has 11 aromatic rings. The second-order valence-electron chi connectivity index (χ2n) is 18.9. The van der Waals surface area contributed by atoms with Gasteiger partial charge in [-0.2, -0.15) is 0 Å². The van der Waals surface area contributed by atoms with Crippen LogP contribution in [0.25, 0.3) is 66.4 Å². The SMILES string of the molecule is CC1(C)c2ccccc2-c2cc(N(c3ccc(-c4ccccc4)cc3)c3ccc(-c4ccc(-c5cc6c7c(cccc7c5)-c5cccc(N(c7ccccc7)c7ccccc7)c5O6)cc4)cc3)ccc21. The third-order valence-corrected chi connectivity index (χ3v) is 14.4. The van der Waals surface area contributed by atoms with Gasteiger partial charge in [-0.15, -0.1) is 0 Å². The van der Waals surface area contributed by atoms with Gasteiger partial charge in [-0.3, -0.25) is 0 Å². The zero-order valence-electron chi connectivity index (χ0n) is 39.1. The van der Waals surface area contributed by atoms with E-state index in [0.717, 1.165) is 84.2 Å². The lowest BCUT2D eigenvalue weighted by molar-refractivity contribution is 0.488. The minimum absolute atomic E-state index is 0.0594. The fraction of sp³-hybridized carbons (Fsp3) is 0.0448. The van der Waals surface area contributed by atoms with E-state index < -0.39 is 0 Å². The highest BCUT2D eigenvalue weighted by Gasteiger charge is 2.35. The van der Waals surface area contributed by atoms with Crippen molar-refractivity contribution in [2.24, 2.45) is 0 Å². The van der Waals surface area contributed by atoms with Gasteiger partial charge < -0.3 is 14.5 Å². The molecule has 0 atom stereocenters. The van der Waals surface area contributed by atoms with Crippen molar-refractivity contribution in [2.75, 3.05) is 9.80 Å². The molecule has 332 valence electrons. The summed E-state index contributed by atoms with van der Waals surface area (Å²) in [4.78, 5) is 4.67. The van der Waals surface area contributed by atoms with Crippen LogP contribution in [-0.2, 0) is 5.41 Å². The van der Waals surface area contributed by atoms with Crippen molar-refractivity contribution in [3.63, 3.8) is 0 Å². The first-order chi connectivity index (χ1) is 34.5. The molecule has 0 bridgehead atoms. The van der Waals surface area contributed by atoms with Gasteiger partial charge in [0, 0.05) is 44.8 Å². The molecule has 1 aliphatic carbocycles. The zero-order chi connectivity index (χ0) is 46.8. The molecule has 0 saturated carbocycles. The number of para-hydroxylation sites is 3. The maximum atomic E-state index is 7.08. The summed E-state index contributed by atoms with van der Waals surface area (Å²) in [7, 11) is 0. The minimum Gasteiger partial charge on any atom is -0.454 e. The molecule has 3 nitrogen and oxygen atoms in total. The average molecular weight is 897 g/mol. The molecule has 1 aliphatic heterocycles. The van der Waals surface area contributed by atoms with Gasteiger partial charge in [-0.1, -0.05) is 190 Å². The Kier molecular flexibility index (Phi) is 9.85. The highest BCUT2D eigenvalue weighted by molar-refractivity contribution is 6.07. The summed E-state index contributed by atoms with van der Waals surface area (Å²) in [5, 5.41) is 2.28. The minimum atomic E-state index is -0.0594. The molecule has 13 rings (SSSR count). The maximum Gasteiger partial charge on any atom is 0.159 e. The van der Waals surface area contributed by atoms with Gasteiger partial charge in [0.05, 0.1) is 5.69 Å². The van der Waals surface area contributed by atoms with E-state index in [1.807, 2.05) is 0 Å². The van der Waals surface area contributed by atoms with Crippen molar-refractivity contribution in [3.8, 4) is 67.1 Å². The third kappa shape index (κ3) is 6.97. The van der Waals surface area contributed by atoms with Crippen LogP contribution in [0.3, 0.4) is 0 Å². The molecular formula is C67H48N2O. The van der Waals surface area contributed by atoms with E-state index in [2.05, 4.69) is 278 Å². The zero-order valence-corrected chi connectivity index (χ0v) is 39.1. The van der Waals surface area contributed by atoms with Crippen LogP contribution in [0.4, 0.5) is 34.1 Å². The molecule has 0 saturated heterocycles. The van der Waals surface area contributed by atoms with E-state index in [9.17, 15) is 0 Å². The highest BCUT2D eigenvalue weighted by Crippen LogP contribution is 2.54. The quantitative estimate of drug-likeness (QED) is 0.144. The normalized spacial score (nSPS) is 12.7. The fourth-order valence-corrected chi connectivity index (χ4v) is 11.0. The smallest absolute Gasteiger partial charge is 0.159 e. The maximum absolute atomic E-state index is 7.08. The molecule has 3 heteroatoms. The van der Waals surface area contributed by atoms with Crippen LogP contribution in [0, 0.1) is 0 Å². The molecule has 0 aromatic heterocycles. The molecule has 70 heavy (non-hydrogen) atoms. The monoisotopic (exact) mass is 896 g/mol. The first-order valence-electron chi connectivity index (χ1n) is 24.2. The van der Waals surface area contributed by atoms with Gasteiger partial charge in [0.25, 0.3) is 0 Å². The summed E-state index contributed by atoms with van der Waals surface area (Å²) < 4.78 is 7.08. The van der Waals surface area contributed by atoms with E-state index in [1.54, 1.807) is 0 Å². The summed E-state index contributed by atoms with van der Waals surface area (Å²) in [6, 6.07) is 92.0. The molecule has 2 aliphatic rings. The van der Waals surface area contributed by atoms with Crippen molar-refractivity contribution in [1.29, 1.82) is 0 Å². The number of nitrogens with zero attached hydrogens (tertiary/aromatic N) is 2. The standard InChI is InChI=1S/C67H48N2O/c1-67(2)61-26-13-12-23-57(61)60-44-56(40-41-62(60)67)68(54-36-32-47(33-37-54)45-16-6-3-7-17-45)55-38-34-48(35-39-55)46-28-30-49(31-29-46)51-42-50-18-14-24-58-59-25-15-27-63(66(59)70-64(43-51)65(50)58)69(52-19-8-4-9-20-52)53-21-10-5-11-22-53/h3-44H,1-2H3. The molecule has 0 N–H and O–H groups in total. The first kappa shape index (κ1) is 41.3. The lowest BCUT2D eigenvalue weighted by Crippen LogP contribution is -2.15. The number of rotatable bonds is 9. The number of benzene rings is 11. The molecule has 1 heterocycles. The van der Waals surface area contributed by atoms with Crippen LogP contribution < -0.4 is 14.5 Å². The van der Waals surface area contributed by atoms with Crippen LogP contribution in [0.2, 0.25) is 0 Å². The van der Waals surface area contributed by atoms with Crippen LogP contribution in [-0.4, -0.2) is 0 Å².